The van der Waals surface area contributed by atoms with Crippen LogP contribution in [-0.2, 0) is 4.74 Å². The molecule has 0 aliphatic rings. The predicted molar refractivity (Wildman–Crippen MR) is 106 cm³/mol. The van der Waals surface area contributed by atoms with Crippen LogP contribution in [0.1, 0.15) is 20.5 Å². The van der Waals surface area contributed by atoms with Gasteiger partial charge < -0.3 is 24.6 Å². The van der Waals surface area contributed by atoms with Crippen LogP contribution in [0.15, 0.2) is 28.8 Å². The first kappa shape index (κ1) is 16.7. The first-order valence-electron chi connectivity index (χ1n) is 9.91. The van der Waals surface area contributed by atoms with Crippen molar-refractivity contribution in [1.82, 2.24) is 25.7 Å². The fraction of sp³-hybridized carbons (Fsp3) is 0.222. The summed E-state index contributed by atoms with van der Waals surface area (Å²) >= 11 is 0. The third-order valence-corrected chi connectivity index (χ3v) is 3.80. The molecule has 2 aromatic heterocycles. The Morgan fingerprint density at radius 2 is 2.03 bits per heavy atom. The van der Waals surface area contributed by atoms with Crippen molar-refractivity contribution < 1.29 is 27.7 Å². The maximum atomic E-state index is 12.5. The summed E-state index contributed by atoms with van der Waals surface area (Å²) in [5, 5.41) is 18.5. The molecule has 3 rings (SSSR count). The zero-order chi connectivity index (χ0) is 24.2. The van der Waals surface area contributed by atoms with Gasteiger partial charge in [-0.15, -0.1) is 10.2 Å². The number of anilines is 3. The summed E-state index contributed by atoms with van der Waals surface area (Å²) in [5.74, 6) is -0.142. The van der Waals surface area contributed by atoms with E-state index in [4.69, 9.17) is 13.4 Å². The van der Waals surface area contributed by atoms with Gasteiger partial charge in [-0.1, -0.05) is 11.2 Å². The van der Waals surface area contributed by atoms with Gasteiger partial charge in [0.2, 0.25) is 11.7 Å². The Morgan fingerprint density at radius 3 is 2.70 bits per heavy atom. The number of hydrogen-bond acceptors (Lipinski definition) is 10. The van der Waals surface area contributed by atoms with Gasteiger partial charge in [-0.2, -0.15) is 4.98 Å². The normalized spacial score (nSPS) is 12.2. The van der Waals surface area contributed by atoms with Crippen LogP contribution < -0.4 is 20.7 Å². The molecule has 3 aromatic rings. The van der Waals surface area contributed by atoms with Crippen LogP contribution in [0.25, 0.3) is 11.4 Å². The number of benzene rings is 1. The van der Waals surface area contributed by atoms with Crippen LogP contribution in [0.4, 0.5) is 22.0 Å². The Kier molecular flexibility index (Phi) is 4.93. The highest BCUT2D eigenvalue weighted by molar-refractivity contribution is 5.99. The number of methoxy groups -OCH3 is 2. The third-order valence-electron chi connectivity index (χ3n) is 3.80. The van der Waals surface area contributed by atoms with Crippen LogP contribution in [0.2, 0.25) is 0 Å². The van der Waals surface area contributed by atoms with Crippen LogP contribution >= 0.6 is 0 Å². The SMILES string of the molecule is [2H]C([2H])([2H])NC(=O)c1nnc(NC(=O)OC)cc1Nc1cccc(-c2noc(C)n2)c1OC. The van der Waals surface area contributed by atoms with Crippen molar-refractivity contribution in [3.8, 4) is 17.1 Å². The van der Waals surface area contributed by atoms with Gasteiger partial charge >= 0.3 is 6.09 Å². The second kappa shape index (κ2) is 8.86. The second-order valence-corrected chi connectivity index (χ2v) is 5.71. The number of ether oxygens (including phenoxy) is 2. The molecule has 0 aliphatic heterocycles. The summed E-state index contributed by atoms with van der Waals surface area (Å²) in [6.45, 7) is -1.12. The largest absolute Gasteiger partial charge is 0.494 e. The molecule has 12 nitrogen and oxygen atoms in total. The minimum atomic E-state index is -2.76. The van der Waals surface area contributed by atoms with Crippen LogP contribution in [0.3, 0.4) is 0 Å². The standard InChI is InChI=1S/C18H19N7O5/c1-9-20-16(25-30-9)10-6-5-7-11(15(10)28-3)21-12-8-13(22-18(27)29-4)23-24-14(12)17(26)19-2/h5-8H,1-4H3,(H,19,26)(H2,21,22,23,27)/i2D3. The molecule has 156 valence electrons. The van der Waals surface area contributed by atoms with E-state index in [1.54, 1.807) is 25.1 Å². The molecule has 1 aromatic carbocycles. The number of carbonyl (C=O) groups is 2. The van der Waals surface area contributed by atoms with Gasteiger partial charge in [0.25, 0.3) is 5.91 Å². The fourth-order valence-electron chi connectivity index (χ4n) is 2.52. The molecule has 0 bridgehead atoms. The molecule has 12 heteroatoms. The number of nitrogens with zero attached hydrogens (tertiary/aromatic N) is 4. The van der Waals surface area contributed by atoms with Crippen molar-refractivity contribution in [2.75, 3.05) is 31.8 Å². The van der Waals surface area contributed by atoms with E-state index in [0.717, 1.165) is 7.11 Å². The van der Waals surface area contributed by atoms with Crippen LogP contribution in [0, 0.1) is 6.92 Å². The number of nitrogens with one attached hydrogen (secondary N) is 3. The lowest BCUT2D eigenvalue weighted by molar-refractivity contribution is 0.0958. The first-order chi connectivity index (χ1) is 15.6. The van der Waals surface area contributed by atoms with E-state index in [9.17, 15) is 9.59 Å². The number of para-hydroxylation sites is 1. The Morgan fingerprint density at radius 1 is 1.20 bits per heavy atom. The monoisotopic (exact) mass is 416 g/mol. The van der Waals surface area contributed by atoms with Gasteiger partial charge in [0, 0.05) is 24.1 Å². The van der Waals surface area contributed by atoms with E-state index in [1.165, 1.54) is 13.2 Å². The quantitative estimate of drug-likeness (QED) is 0.544. The average molecular weight is 416 g/mol. The Bertz CT molecular complexity index is 1180. The molecule has 0 unspecified atom stereocenters. The smallest absolute Gasteiger partial charge is 0.412 e. The second-order valence-electron chi connectivity index (χ2n) is 5.71. The maximum absolute atomic E-state index is 12.5. The number of aromatic nitrogens is 4. The topological polar surface area (TPSA) is 153 Å². The molecule has 0 saturated heterocycles. The lowest BCUT2D eigenvalue weighted by Gasteiger charge is -2.15. The Labute approximate surface area is 175 Å². The molecule has 0 saturated carbocycles. The number of hydrogen-bond donors (Lipinski definition) is 3. The van der Waals surface area contributed by atoms with Crippen molar-refractivity contribution in [3.63, 3.8) is 0 Å². The van der Waals surface area contributed by atoms with E-state index in [0.29, 0.717) is 22.9 Å². The summed E-state index contributed by atoms with van der Waals surface area (Å²) in [4.78, 5) is 28.2. The molecule has 2 heterocycles. The Balaban J connectivity index is 2.06. The molecule has 2 amide bonds. The van der Waals surface area contributed by atoms with E-state index in [2.05, 4.69) is 35.7 Å². The molecule has 0 aliphatic carbocycles. The fourth-order valence-corrected chi connectivity index (χ4v) is 2.52. The number of aryl methyl sites for hydroxylation is 1. The van der Waals surface area contributed by atoms with E-state index >= 15 is 0 Å². The first-order valence-corrected chi connectivity index (χ1v) is 8.41. The van der Waals surface area contributed by atoms with Gasteiger partial charge in [-0.05, 0) is 12.1 Å². The summed E-state index contributed by atoms with van der Waals surface area (Å²) in [5.41, 5.74) is 0.530. The maximum Gasteiger partial charge on any atom is 0.412 e. The summed E-state index contributed by atoms with van der Waals surface area (Å²) in [7, 11) is 2.59. The van der Waals surface area contributed by atoms with Crippen molar-refractivity contribution in [2.24, 2.45) is 0 Å². The highest BCUT2D eigenvalue weighted by Gasteiger charge is 2.19. The van der Waals surface area contributed by atoms with E-state index in [1.807, 2.05) is 5.32 Å². The number of amides is 2. The molecular formula is C18H19N7O5. The molecule has 30 heavy (non-hydrogen) atoms. The molecular weight excluding hydrogens is 394 g/mol. The molecule has 0 radical (unpaired) electrons. The van der Waals surface area contributed by atoms with Gasteiger partial charge in [0.05, 0.1) is 31.2 Å². The van der Waals surface area contributed by atoms with E-state index in [-0.39, 0.29) is 23.0 Å². The van der Waals surface area contributed by atoms with Gasteiger partial charge in [0.1, 0.15) is 0 Å². The number of carbonyl (C=O) groups excluding carboxylic acids is 2. The molecule has 0 spiro atoms. The molecule has 3 N–H and O–H groups in total. The zero-order valence-corrected chi connectivity index (χ0v) is 16.1. The number of rotatable bonds is 6. The zero-order valence-electron chi connectivity index (χ0n) is 19.1. The summed E-state index contributed by atoms with van der Waals surface area (Å²) in [6.07, 6.45) is -0.818. The van der Waals surface area contributed by atoms with Crippen LogP contribution in [0.5, 0.6) is 5.75 Å². The van der Waals surface area contributed by atoms with Crippen molar-refractivity contribution in [2.45, 2.75) is 6.92 Å². The minimum absolute atomic E-state index is 0.0258. The summed E-state index contributed by atoms with van der Waals surface area (Å²) in [6, 6.07) is 6.29. The van der Waals surface area contributed by atoms with Crippen molar-refractivity contribution >= 4 is 29.2 Å². The Hall–Kier alpha value is -4.22. The third kappa shape index (κ3) is 4.27. The average Bonchev–Trinajstić information content (AvgIpc) is 3.18. The predicted octanol–water partition coefficient (Wildman–Crippen LogP) is 2.13. The van der Waals surface area contributed by atoms with Gasteiger partial charge in [-0.25, -0.2) is 4.79 Å². The highest BCUT2D eigenvalue weighted by atomic mass is 16.5. The van der Waals surface area contributed by atoms with Gasteiger partial charge in [-0.3, -0.25) is 10.1 Å². The van der Waals surface area contributed by atoms with Crippen molar-refractivity contribution in [1.29, 1.82) is 0 Å². The molecule has 0 fully saturated rings. The van der Waals surface area contributed by atoms with E-state index < -0.39 is 19.0 Å². The lowest BCUT2D eigenvalue weighted by atomic mass is 10.1. The molecule has 0 atom stereocenters. The van der Waals surface area contributed by atoms with Gasteiger partial charge in [0.15, 0.2) is 17.3 Å². The highest BCUT2D eigenvalue weighted by Crippen LogP contribution is 2.37. The lowest BCUT2D eigenvalue weighted by Crippen LogP contribution is -2.22. The van der Waals surface area contributed by atoms with Crippen molar-refractivity contribution in [3.05, 3.63) is 35.9 Å². The van der Waals surface area contributed by atoms with Crippen LogP contribution in [-0.4, -0.2) is 53.5 Å². The summed E-state index contributed by atoms with van der Waals surface area (Å²) < 4.78 is 36.9. The minimum Gasteiger partial charge on any atom is -0.494 e.